The molecule has 0 fully saturated rings. The Morgan fingerprint density at radius 3 is 2.72 bits per heavy atom. The van der Waals surface area contributed by atoms with E-state index < -0.39 is 0 Å². The van der Waals surface area contributed by atoms with Crippen molar-refractivity contribution in [2.45, 2.75) is 13.1 Å². The second-order valence-corrected chi connectivity index (χ2v) is 7.01. The molecule has 0 spiro atoms. The van der Waals surface area contributed by atoms with Crippen molar-refractivity contribution in [3.8, 4) is 16.9 Å². The number of ether oxygens (including phenoxy) is 1. The number of carbonyl (C=O) groups is 1. The standard InChI is InChI=1S/C24H21FN2O2/c1-27(15-18-7-5-6-17-13-26-14-21(17)18)24(28)16-10-11-20(23(12-16)29-2)19-8-3-4-9-22(19)25/h3-13H,14-15H2,1-2H3. The SMILES string of the molecule is COc1cc(C(=O)N(C)Cc2cccc3c2CN=C3)ccc1-c1ccccc1F. The number of halogens is 1. The van der Waals surface area contributed by atoms with Crippen LogP contribution in [0.25, 0.3) is 11.1 Å². The molecule has 0 bridgehead atoms. The summed E-state index contributed by atoms with van der Waals surface area (Å²) in [7, 11) is 3.29. The fourth-order valence-electron chi connectivity index (χ4n) is 3.63. The number of fused-ring (bicyclic) bond motifs is 1. The Morgan fingerprint density at radius 1 is 1.10 bits per heavy atom. The number of rotatable bonds is 5. The van der Waals surface area contributed by atoms with E-state index in [0.717, 1.165) is 11.1 Å². The van der Waals surface area contributed by atoms with Gasteiger partial charge < -0.3 is 9.64 Å². The van der Waals surface area contributed by atoms with E-state index in [1.807, 2.05) is 24.4 Å². The summed E-state index contributed by atoms with van der Waals surface area (Å²) in [5.41, 5.74) is 4.91. The molecule has 146 valence electrons. The highest BCUT2D eigenvalue weighted by Gasteiger charge is 2.19. The molecule has 0 N–H and O–H groups in total. The van der Waals surface area contributed by atoms with Crippen LogP contribution in [-0.4, -0.2) is 31.2 Å². The average molecular weight is 388 g/mol. The van der Waals surface area contributed by atoms with Crippen LogP contribution in [0.3, 0.4) is 0 Å². The molecule has 4 nitrogen and oxygen atoms in total. The summed E-state index contributed by atoms with van der Waals surface area (Å²) < 4.78 is 19.6. The Hall–Kier alpha value is -3.47. The zero-order chi connectivity index (χ0) is 20.4. The van der Waals surface area contributed by atoms with E-state index in [0.29, 0.717) is 35.5 Å². The van der Waals surface area contributed by atoms with Crippen molar-refractivity contribution in [3.63, 3.8) is 0 Å². The summed E-state index contributed by atoms with van der Waals surface area (Å²) in [6, 6.07) is 17.7. The van der Waals surface area contributed by atoms with Crippen LogP contribution >= 0.6 is 0 Å². The van der Waals surface area contributed by atoms with Crippen molar-refractivity contribution in [2.24, 2.45) is 4.99 Å². The van der Waals surface area contributed by atoms with Crippen LogP contribution < -0.4 is 4.74 Å². The predicted molar refractivity (Wildman–Crippen MR) is 112 cm³/mol. The Balaban J connectivity index is 1.59. The summed E-state index contributed by atoms with van der Waals surface area (Å²) >= 11 is 0. The third kappa shape index (κ3) is 3.63. The van der Waals surface area contributed by atoms with E-state index in [2.05, 4.69) is 4.99 Å². The minimum absolute atomic E-state index is 0.125. The summed E-state index contributed by atoms with van der Waals surface area (Å²) in [6.45, 7) is 1.14. The zero-order valence-electron chi connectivity index (χ0n) is 16.4. The molecule has 0 aromatic heterocycles. The number of nitrogens with zero attached hydrogens (tertiary/aromatic N) is 2. The van der Waals surface area contributed by atoms with Gasteiger partial charge in [-0.05, 0) is 41.0 Å². The fourth-order valence-corrected chi connectivity index (χ4v) is 3.63. The number of carbonyl (C=O) groups excluding carboxylic acids is 1. The third-order valence-corrected chi connectivity index (χ3v) is 5.16. The normalized spacial score (nSPS) is 12.0. The highest BCUT2D eigenvalue weighted by Crippen LogP contribution is 2.33. The van der Waals surface area contributed by atoms with Gasteiger partial charge in [0.1, 0.15) is 11.6 Å². The van der Waals surface area contributed by atoms with Crippen LogP contribution in [0.1, 0.15) is 27.0 Å². The van der Waals surface area contributed by atoms with E-state index in [4.69, 9.17) is 4.74 Å². The van der Waals surface area contributed by atoms with Gasteiger partial charge in [-0.2, -0.15) is 0 Å². The van der Waals surface area contributed by atoms with E-state index in [9.17, 15) is 9.18 Å². The van der Waals surface area contributed by atoms with Gasteiger partial charge in [0.2, 0.25) is 0 Å². The summed E-state index contributed by atoms with van der Waals surface area (Å²) in [5, 5.41) is 0. The first kappa shape index (κ1) is 18.9. The first-order valence-corrected chi connectivity index (χ1v) is 9.37. The topological polar surface area (TPSA) is 41.9 Å². The Labute approximate surface area is 169 Å². The minimum Gasteiger partial charge on any atom is -0.496 e. The van der Waals surface area contributed by atoms with E-state index >= 15 is 0 Å². The molecule has 3 aromatic carbocycles. The quantitative estimate of drug-likeness (QED) is 0.635. The molecular weight excluding hydrogens is 367 g/mol. The van der Waals surface area contributed by atoms with Gasteiger partial charge in [-0.1, -0.05) is 36.4 Å². The lowest BCUT2D eigenvalue weighted by Gasteiger charge is -2.20. The lowest BCUT2D eigenvalue weighted by atomic mass is 10.0. The molecule has 1 amide bonds. The number of benzene rings is 3. The Kier molecular flexibility index (Phi) is 5.12. The van der Waals surface area contributed by atoms with Crippen LogP contribution in [0, 0.1) is 5.82 Å². The predicted octanol–water partition coefficient (Wildman–Crippen LogP) is 4.71. The van der Waals surface area contributed by atoms with Gasteiger partial charge in [0.15, 0.2) is 0 Å². The van der Waals surface area contributed by atoms with E-state index in [1.165, 1.54) is 18.7 Å². The monoisotopic (exact) mass is 388 g/mol. The number of aliphatic imine (C=N–C) groups is 1. The van der Waals surface area contributed by atoms with Crippen LogP contribution in [0.4, 0.5) is 4.39 Å². The highest BCUT2D eigenvalue weighted by atomic mass is 19.1. The number of hydrogen-bond acceptors (Lipinski definition) is 3. The first-order chi connectivity index (χ1) is 14.1. The molecule has 1 heterocycles. The van der Waals surface area contributed by atoms with Gasteiger partial charge in [0, 0.05) is 36.5 Å². The molecule has 1 aliphatic heterocycles. The molecule has 1 aliphatic rings. The Bertz CT molecular complexity index is 1110. The van der Waals surface area contributed by atoms with Crippen molar-refractivity contribution < 1.29 is 13.9 Å². The van der Waals surface area contributed by atoms with Crippen molar-refractivity contribution in [1.82, 2.24) is 4.90 Å². The van der Waals surface area contributed by atoms with Crippen molar-refractivity contribution in [2.75, 3.05) is 14.2 Å². The maximum atomic E-state index is 14.2. The van der Waals surface area contributed by atoms with Gasteiger partial charge in [0.25, 0.3) is 5.91 Å². The first-order valence-electron chi connectivity index (χ1n) is 9.37. The Morgan fingerprint density at radius 2 is 1.93 bits per heavy atom. The average Bonchev–Trinajstić information content (AvgIpc) is 3.23. The minimum atomic E-state index is -0.331. The molecular formula is C24H21FN2O2. The molecule has 29 heavy (non-hydrogen) atoms. The van der Waals surface area contributed by atoms with Gasteiger partial charge in [-0.15, -0.1) is 0 Å². The zero-order valence-corrected chi connectivity index (χ0v) is 16.4. The number of amides is 1. The lowest BCUT2D eigenvalue weighted by Crippen LogP contribution is -2.26. The summed E-state index contributed by atoms with van der Waals surface area (Å²) in [6.07, 6.45) is 1.87. The van der Waals surface area contributed by atoms with Gasteiger partial charge in [-0.3, -0.25) is 9.79 Å². The largest absolute Gasteiger partial charge is 0.496 e. The van der Waals surface area contributed by atoms with Gasteiger partial charge in [-0.25, -0.2) is 4.39 Å². The molecule has 0 unspecified atom stereocenters. The van der Waals surface area contributed by atoms with E-state index in [1.54, 1.807) is 48.3 Å². The van der Waals surface area contributed by atoms with Crippen LogP contribution in [0.5, 0.6) is 5.75 Å². The van der Waals surface area contributed by atoms with Gasteiger partial charge in [0.05, 0.1) is 13.7 Å². The summed E-state index contributed by atoms with van der Waals surface area (Å²) in [5.74, 6) is 0.00500. The third-order valence-electron chi connectivity index (χ3n) is 5.16. The molecule has 0 saturated carbocycles. The molecule has 0 saturated heterocycles. The maximum absolute atomic E-state index is 14.2. The highest BCUT2D eigenvalue weighted by molar-refractivity contribution is 5.95. The molecule has 4 rings (SSSR count). The van der Waals surface area contributed by atoms with Crippen molar-refractivity contribution in [1.29, 1.82) is 0 Å². The summed E-state index contributed by atoms with van der Waals surface area (Å²) in [4.78, 5) is 19.0. The van der Waals surface area contributed by atoms with Crippen LogP contribution in [-0.2, 0) is 13.1 Å². The second-order valence-electron chi connectivity index (χ2n) is 7.01. The molecule has 5 heteroatoms. The maximum Gasteiger partial charge on any atom is 0.254 e. The van der Waals surface area contributed by atoms with Crippen molar-refractivity contribution >= 4 is 12.1 Å². The van der Waals surface area contributed by atoms with Crippen molar-refractivity contribution in [3.05, 3.63) is 88.7 Å². The van der Waals surface area contributed by atoms with E-state index in [-0.39, 0.29) is 11.7 Å². The molecule has 0 atom stereocenters. The number of methoxy groups -OCH3 is 1. The molecule has 0 radical (unpaired) electrons. The van der Waals surface area contributed by atoms with Crippen LogP contribution in [0.2, 0.25) is 0 Å². The molecule has 3 aromatic rings. The fraction of sp³-hybridized carbons (Fsp3) is 0.167. The van der Waals surface area contributed by atoms with Gasteiger partial charge >= 0.3 is 0 Å². The van der Waals surface area contributed by atoms with Crippen LogP contribution in [0.15, 0.2) is 65.7 Å². The molecule has 0 aliphatic carbocycles. The second kappa shape index (κ2) is 7.87. The lowest BCUT2D eigenvalue weighted by molar-refractivity contribution is 0.0784. The number of hydrogen-bond donors (Lipinski definition) is 0. The smallest absolute Gasteiger partial charge is 0.254 e.